The van der Waals surface area contributed by atoms with E-state index in [4.69, 9.17) is 14.2 Å². The van der Waals surface area contributed by atoms with Gasteiger partial charge in [0, 0.05) is 57.1 Å². The number of aromatic nitrogens is 1. The van der Waals surface area contributed by atoms with Gasteiger partial charge in [-0.2, -0.15) is 0 Å². The van der Waals surface area contributed by atoms with Crippen LogP contribution in [0.1, 0.15) is 24.1 Å². The van der Waals surface area contributed by atoms with E-state index in [-0.39, 0.29) is 11.9 Å². The number of carbonyl (C=O) groups is 1. The Labute approximate surface area is 190 Å². The predicted octanol–water partition coefficient (Wildman–Crippen LogP) is 3.29. The first kappa shape index (κ1) is 23.6. The minimum Gasteiger partial charge on any atom is -0.493 e. The van der Waals surface area contributed by atoms with Gasteiger partial charge in [0.25, 0.3) is 0 Å². The number of hydrogen-bond acceptors (Lipinski definition) is 6. The molecule has 2 aromatic rings. The number of rotatable bonds is 9. The van der Waals surface area contributed by atoms with E-state index in [9.17, 15) is 4.79 Å². The van der Waals surface area contributed by atoms with Crippen LogP contribution in [-0.2, 0) is 11.2 Å². The van der Waals surface area contributed by atoms with Gasteiger partial charge in [0.05, 0.1) is 21.3 Å². The van der Waals surface area contributed by atoms with E-state index in [0.29, 0.717) is 17.2 Å². The van der Waals surface area contributed by atoms with E-state index in [2.05, 4.69) is 16.0 Å². The third-order valence-corrected chi connectivity index (χ3v) is 5.97. The lowest BCUT2D eigenvalue weighted by Crippen LogP contribution is -2.45. The summed E-state index contributed by atoms with van der Waals surface area (Å²) in [5.74, 6) is 1.65. The summed E-state index contributed by atoms with van der Waals surface area (Å²) in [5.41, 5.74) is 1.93. The highest BCUT2D eigenvalue weighted by molar-refractivity contribution is 5.92. The summed E-state index contributed by atoms with van der Waals surface area (Å²) >= 11 is 0. The molecule has 1 aromatic carbocycles. The van der Waals surface area contributed by atoms with Gasteiger partial charge in [0.15, 0.2) is 11.5 Å². The minimum absolute atomic E-state index is 0.00862. The van der Waals surface area contributed by atoms with Crippen LogP contribution in [-0.4, -0.2) is 74.7 Å². The summed E-state index contributed by atoms with van der Waals surface area (Å²) in [4.78, 5) is 21.5. The number of carbonyl (C=O) groups excluding carboxylic acids is 1. The SMILES string of the molecule is COc1cc(/C=C/C(=O)N(C)C2CCN(CCc3ccccn3)CC2)cc(OC)c1OC. The van der Waals surface area contributed by atoms with Gasteiger partial charge in [-0.1, -0.05) is 6.07 Å². The second-order valence-electron chi connectivity index (χ2n) is 7.89. The van der Waals surface area contributed by atoms with Crippen molar-refractivity contribution >= 4 is 12.0 Å². The molecule has 1 saturated heterocycles. The molecule has 0 spiro atoms. The molecule has 0 unspecified atom stereocenters. The number of amides is 1. The summed E-state index contributed by atoms with van der Waals surface area (Å²) in [6.45, 7) is 2.99. The van der Waals surface area contributed by atoms with Crippen LogP contribution >= 0.6 is 0 Å². The normalized spacial score (nSPS) is 15.0. The molecule has 0 bridgehead atoms. The molecule has 0 atom stereocenters. The second-order valence-corrected chi connectivity index (χ2v) is 7.89. The summed E-state index contributed by atoms with van der Waals surface area (Å²) in [6.07, 6.45) is 8.13. The summed E-state index contributed by atoms with van der Waals surface area (Å²) in [5, 5.41) is 0. The van der Waals surface area contributed by atoms with Crippen LogP contribution in [0.25, 0.3) is 6.08 Å². The monoisotopic (exact) mass is 439 g/mol. The quantitative estimate of drug-likeness (QED) is 0.559. The highest BCUT2D eigenvalue weighted by atomic mass is 16.5. The van der Waals surface area contributed by atoms with Crippen molar-refractivity contribution in [2.45, 2.75) is 25.3 Å². The molecule has 0 radical (unpaired) electrons. The average Bonchev–Trinajstić information content (AvgIpc) is 2.85. The fourth-order valence-electron chi connectivity index (χ4n) is 4.01. The zero-order chi connectivity index (χ0) is 22.9. The summed E-state index contributed by atoms with van der Waals surface area (Å²) in [7, 11) is 6.60. The molecule has 1 fully saturated rings. The predicted molar refractivity (Wildman–Crippen MR) is 125 cm³/mol. The Hall–Kier alpha value is -3.06. The zero-order valence-electron chi connectivity index (χ0n) is 19.4. The van der Waals surface area contributed by atoms with Gasteiger partial charge in [-0.3, -0.25) is 9.78 Å². The van der Waals surface area contributed by atoms with Crippen LogP contribution in [0.2, 0.25) is 0 Å². The lowest BCUT2D eigenvalue weighted by Gasteiger charge is -2.36. The minimum atomic E-state index is -0.00862. The van der Waals surface area contributed by atoms with Crippen molar-refractivity contribution in [2.75, 3.05) is 48.0 Å². The van der Waals surface area contributed by atoms with Crippen LogP contribution in [0, 0.1) is 0 Å². The van der Waals surface area contributed by atoms with Gasteiger partial charge in [0.1, 0.15) is 0 Å². The smallest absolute Gasteiger partial charge is 0.246 e. The summed E-state index contributed by atoms with van der Waals surface area (Å²) < 4.78 is 16.1. The van der Waals surface area contributed by atoms with Crippen LogP contribution in [0.3, 0.4) is 0 Å². The number of hydrogen-bond donors (Lipinski definition) is 0. The first-order valence-corrected chi connectivity index (χ1v) is 10.9. The standard InChI is InChI=1S/C25H33N3O4/c1-27(21-11-15-28(16-12-21)14-10-20-7-5-6-13-26-20)24(29)9-8-19-17-22(30-2)25(32-4)23(18-19)31-3/h5-9,13,17-18,21H,10-12,14-16H2,1-4H3/b9-8+. The fourth-order valence-corrected chi connectivity index (χ4v) is 4.01. The van der Waals surface area contributed by atoms with E-state index >= 15 is 0 Å². The molecule has 1 aliphatic rings. The van der Waals surface area contributed by atoms with Gasteiger partial charge >= 0.3 is 0 Å². The number of pyridine rings is 1. The third kappa shape index (κ3) is 6.01. The molecular formula is C25H33N3O4. The second kappa shape index (κ2) is 11.5. The molecule has 7 nitrogen and oxygen atoms in total. The van der Waals surface area contributed by atoms with Crippen LogP contribution < -0.4 is 14.2 Å². The molecule has 1 aliphatic heterocycles. The largest absolute Gasteiger partial charge is 0.493 e. The third-order valence-electron chi connectivity index (χ3n) is 5.97. The highest BCUT2D eigenvalue weighted by Gasteiger charge is 2.24. The lowest BCUT2D eigenvalue weighted by atomic mass is 10.0. The first-order chi connectivity index (χ1) is 15.5. The van der Waals surface area contributed by atoms with E-state index in [1.54, 1.807) is 33.5 Å². The maximum atomic E-state index is 12.8. The van der Waals surface area contributed by atoms with Crippen molar-refractivity contribution in [3.05, 3.63) is 53.9 Å². The number of ether oxygens (including phenoxy) is 3. The van der Waals surface area contributed by atoms with Crippen molar-refractivity contribution in [3.8, 4) is 17.2 Å². The maximum Gasteiger partial charge on any atom is 0.246 e. The summed E-state index contributed by atoms with van der Waals surface area (Å²) in [6, 6.07) is 9.94. The molecule has 3 rings (SSSR count). The Morgan fingerprint density at radius 1 is 1.12 bits per heavy atom. The Morgan fingerprint density at radius 2 is 1.81 bits per heavy atom. The number of likely N-dealkylation sites (tertiary alicyclic amines) is 1. The van der Waals surface area contributed by atoms with Gasteiger partial charge in [-0.25, -0.2) is 0 Å². The van der Waals surface area contributed by atoms with Gasteiger partial charge in [-0.15, -0.1) is 0 Å². The molecule has 1 aromatic heterocycles. The van der Waals surface area contributed by atoms with E-state index < -0.39 is 0 Å². The van der Waals surface area contributed by atoms with Crippen molar-refractivity contribution in [2.24, 2.45) is 0 Å². The molecule has 1 amide bonds. The van der Waals surface area contributed by atoms with Crippen molar-refractivity contribution in [1.82, 2.24) is 14.8 Å². The molecule has 0 aliphatic carbocycles. The maximum absolute atomic E-state index is 12.8. The number of benzene rings is 1. The topological polar surface area (TPSA) is 64.1 Å². The van der Waals surface area contributed by atoms with Crippen LogP contribution in [0.4, 0.5) is 0 Å². The highest BCUT2D eigenvalue weighted by Crippen LogP contribution is 2.38. The number of nitrogens with zero attached hydrogens (tertiary/aromatic N) is 3. The lowest BCUT2D eigenvalue weighted by molar-refractivity contribution is -0.127. The Balaban J connectivity index is 1.53. The van der Waals surface area contributed by atoms with Crippen molar-refractivity contribution in [1.29, 1.82) is 0 Å². The fraction of sp³-hybridized carbons (Fsp3) is 0.440. The van der Waals surface area contributed by atoms with Crippen molar-refractivity contribution < 1.29 is 19.0 Å². The molecule has 2 heterocycles. The van der Waals surface area contributed by atoms with Gasteiger partial charge in [0.2, 0.25) is 11.7 Å². The zero-order valence-corrected chi connectivity index (χ0v) is 19.4. The molecular weight excluding hydrogens is 406 g/mol. The molecule has 7 heteroatoms. The molecule has 32 heavy (non-hydrogen) atoms. The van der Waals surface area contributed by atoms with E-state index in [0.717, 1.165) is 50.2 Å². The van der Waals surface area contributed by atoms with E-state index in [1.807, 2.05) is 42.4 Å². The molecule has 0 N–H and O–H groups in total. The molecule has 172 valence electrons. The van der Waals surface area contributed by atoms with Gasteiger partial charge in [-0.05, 0) is 48.7 Å². The van der Waals surface area contributed by atoms with Crippen molar-refractivity contribution in [3.63, 3.8) is 0 Å². The first-order valence-electron chi connectivity index (χ1n) is 10.9. The number of piperidine rings is 1. The van der Waals surface area contributed by atoms with E-state index in [1.165, 1.54) is 0 Å². The van der Waals surface area contributed by atoms with Crippen LogP contribution in [0.5, 0.6) is 17.2 Å². The number of methoxy groups -OCH3 is 3. The average molecular weight is 440 g/mol. The number of likely N-dealkylation sites (N-methyl/N-ethyl adjacent to an activating group) is 1. The Morgan fingerprint density at radius 3 is 2.38 bits per heavy atom. The van der Waals surface area contributed by atoms with Gasteiger partial charge < -0.3 is 24.0 Å². The van der Waals surface area contributed by atoms with Crippen LogP contribution in [0.15, 0.2) is 42.6 Å². The Kier molecular flexibility index (Phi) is 8.50. The molecule has 0 saturated carbocycles. The Bertz CT molecular complexity index is 884.